The van der Waals surface area contributed by atoms with E-state index in [4.69, 9.17) is 5.11 Å². The Bertz CT molecular complexity index is 588. The fourth-order valence-electron chi connectivity index (χ4n) is 1.89. The maximum atomic E-state index is 11.0. The minimum Gasteiger partial charge on any atom is -0.481 e. The Hall–Kier alpha value is -1.94. The lowest BCUT2D eigenvalue weighted by atomic mass is 9.94. The van der Waals surface area contributed by atoms with Gasteiger partial charge in [-0.05, 0) is 31.5 Å². The quantitative estimate of drug-likeness (QED) is 0.864. The molecule has 1 heterocycles. The number of para-hydroxylation sites is 1. The predicted molar refractivity (Wildman–Crippen MR) is 74.9 cm³/mol. The van der Waals surface area contributed by atoms with Gasteiger partial charge in [0.05, 0.1) is 10.9 Å². The first kappa shape index (κ1) is 13.5. The van der Waals surface area contributed by atoms with E-state index in [1.54, 1.807) is 20.0 Å². The van der Waals surface area contributed by atoms with E-state index in [0.717, 1.165) is 16.5 Å². The fraction of sp³-hybridized carbons (Fsp3) is 0.333. The van der Waals surface area contributed by atoms with Gasteiger partial charge in [0.15, 0.2) is 0 Å². The lowest BCUT2D eigenvalue weighted by Crippen LogP contribution is -2.35. The van der Waals surface area contributed by atoms with Crippen LogP contribution in [0.25, 0.3) is 10.9 Å². The molecule has 0 amide bonds. The van der Waals surface area contributed by atoms with E-state index in [9.17, 15) is 4.79 Å². The van der Waals surface area contributed by atoms with E-state index >= 15 is 0 Å². The van der Waals surface area contributed by atoms with E-state index in [1.165, 1.54) is 0 Å². The summed E-state index contributed by atoms with van der Waals surface area (Å²) in [4.78, 5) is 15.3. The maximum Gasteiger partial charge on any atom is 0.310 e. The lowest BCUT2D eigenvalue weighted by Gasteiger charge is -2.19. The third-order valence-corrected chi connectivity index (χ3v) is 3.20. The summed E-state index contributed by atoms with van der Waals surface area (Å²) in [6.45, 7) is 4.50. The molecule has 4 heteroatoms. The van der Waals surface area contributed by atoms with Gasteiger partial charge < -0.3 is 10.4 Å². The van der Waals surface area contributed by atoms with Crippen molar-refractivity contribution in [3.63, 3.8) is 0 Å². The molecule has 2 N–H and O–H groups in total. The fourth-order valence-corrected chi connectivity index (χ4v) is 1.89. The summed E-state index contributed by atoms with van der Waals surface area (Å²) in [5.41, 5.74) is 1.33. The zero-order valence-electron chi connectivity index (χ0n) is 11.2. The van der Waals surface area contributed by atoms with Crippen LogP contribution in [0.15, 0.2) is 36.5 Å². The van der Waals surface area contributed by atoms with Gasteiger partial charge in [0.1, 0.15) is 0 Å². The summed E-state index contributed by atoms with van der Waals surface area (Å²) >= 11 is 0. The summed E-state index contributed by atoms with van der Waals surface area (Å²) in [7, 11) is 0. The van der Waals surface area contributed by atoms with Crippen molar-refractivity contribution in [3.05, 3.63) is 42.1 Å². The van der Waals surface area contributed by atoms with Gasteiger partial charge >= 0.3 is 5.97 Å². The van der Waals surface area contributed by atoms with Crippen LogP contribution in [0.3, 0.4) is 0 Å². The molecule has 0 spiro atoms. The van der Waals surface area contributed by atoms with Crippen LogP contribution in [0, 0.1) is 5.41 Å². The normalized spacial score (nSPS) is 11.7. The van der Waals surface area contributed by atoms with E-state index in [0.29, 0.717) is 13.1 Å². The Morgan fingerprint density at radius 2 is 2.05 bits per heavy atom. The molecule has 0 aliphatic heterocycles. The zero-order valence-corrected chi connectivity index (χ0v) is 11.2. The van der Waals surface area contributed by atoms with Crippen LogP contribution in [-0.4, -0.2) is 22.6 Å². The molecule has 0 aliphatic rings. The molecule has 19 heavy (non-hydrogen) atoms. The maximum absolute atomic E-state index is 11.0. The van der Waals surface area contributed by atoms with Gasteiger partial charge in [-0.25, -0.2) is 0 Å². The Morgan fingerprint density at radius 3 is 2.79 bits per heavy atom. The number of hydrogen-bond acceptors (Lipinski definition) is 3. The third-order valence-electron chi connectivity index (χ3n) is 3.20. The molecule has 1 aromatic heterocycles. The number of aromatic nitrogens is 1. The van der Waals surface area contributed by atoms with Crippen molar-refractivity contribution in [2.24, 2.45) is 5.41 Å². The van der Waals surface area contributed by atoms with E-state index in [-0.39, 0.29) is 0 Å². The number of nitrogens with one attached hydrogen (secondary N) is 1. The number of aliphatic carboxylic acids is 1. The van der Waals surface area contributed by atoms with Crippen molar-refractivity contribution in [3.8, 4) is 0 Å². The average Bonchev–Trinajstić information content (AvgIpc) is 2.38. The van der Waals surface area contributed by atoms with Crippen LogP contribution < -0.4 is 5.32 Å². The third kappa shape index (κ3) is 3.09. The summed E-state index contributed by atoms with van der Waals surface area (Å²) in [5, 5.41) is 13.4. The highest BCUT2D eigenvalue weighted by Crippen LogP contribution is 2.17. The Morgan fingerprint density at radius 1 is 1.32 bits per heavy atom. The number of hydrogen-bond donors (Lipinski definition) is 2. The second-order valence-electron chi connectivity index (χ2n) is 5.28. The number of benzene rings is 1. The summed E-state index contributed by atoms with van der Waals surface area (Å²) in [5.74, 6) is -0.792. The molecule has 4 nitrogen and oxygen atoms in total. The molecule has 2 aromatic rings. The average molecular weight is 258 g/mol. The number of pyridine rings is 1. The highest BCUT2D eigenvalue weighted by molar-refractivity contribution is 5.81. The van der Waals surface area contributed by atoms with Crippen LogP contribution >= 0.6 is 0 Å². The molecular weight excluding hydrogens is 240 g/mol. The molecule has 100 valence electrons. The number of carboxylic acids is 1. The lowest BCUT2D eigenvalue weighted by molar-refractivity contribution is -0.146. The summed E-state index contributed by atoms with van der Waals surface area (Å²) in [6.07, 6.45) is 1.78. The van der Waals surface area contributed by atoms with E-state index in [1.807, 2.05) is 30.3 Å². The first-order valence-electron chi connectivity index (χ1n) is 6.27. The standard InChI is InChI=1S/C15H18N2O2/c1-15(2,14(18)19)10-16-9-11-7-8-17-13-6-4-3-5-12(11)13/h3-8,16H,9-10H2,1-2H3,(H,18,19). The van der Waals surface area contributed by atoms with Gasteiger partial charge in [-0.1, -0.05) is 18.2 Å². The molecule has 0 atom stereocenters. The molecule has 0 fully saturated rings. The molecule has 0 unspecified atom stereocenters. The minimum absolute atomic E-state index is 0.430. The molecular formula is C15H18N2O2. The summed E-state index contributed by atoms with van der Waals surface area (Å²) in [6, 6.07) is 9.90. The molecule has 0 radical (unpaired) electrons. The van der Waals surface area contributed by atoms with Crippen LogP contribution in [-0.2, 0) is 11.3 Å². The van der Waals surface area contributed by atoms with E-state index in [2.05, 4.69) is 10.3 Å². The van der Waals surface area contributed by atoms with Crippen LogP contribution in [0.2, 0.25) is 0 Å². The van der Waals surface area contributed by atoms with Gasteiger partial charge in [-0.15, -0.1) is 0 Å². The SMILES string of the molecule is CC(C)(CNCc1ccnc2ccccc12)C(=O)O. The summed E-state index contributed by atoms with van der Waals surface area (Å²) < 4.78 is 0. The molecule has 0 aliphatic carbocycles. The van der Waals surface area contributed by atoms with Crippen molar-refractivity contribution < 1.29 is 9.90 Å². The van der Waals surface area contributed by atoms with Gasteiger partial charge in [-0.3, -0.25) is 9.78 Å². The topological polar surface area (TPSA) is 62.2 Å². The highest BCUT2D eigenvalue weighted by atomic mass is 16.4. The Labute approximate surface area is 112 Å². The minimum atomic E-state index is -0.792. The van der Waals surface area contributed by atoms with E-state index < -0.39 is 11.4 Å². The van der Waals surface area contributed by atoms with Gasteiger partial charge in [0.2, 0.25) is 0 Å². The van der Waals surface area contributed by atoms with Crippen molar-refractivity contribution >= 4 is 16.9 Å². The molecule has 0 bridgehead atoms. The highest BCUT2D eigenvalue weighted by Gasteiger charge is 2.26. The molecule has 1 aromatic carbocycles. The van der Waals surface area contributed by atoms with Crippen molar-refractivity contribution in [2.75, 3.05) is 6.54 Å². The second kappa shape index (κ2) is 5.36. The molecule has 0 saturated carbocycles. The Balaban J connectivity index is 2.09. The largest absolute Gasteiger partial charge is 0.481 e. The molecule has 0 saturated heterocycles. The van der Waals surface area contributed by atoms with Crippen LogP contribution in [0.5, 0.6) is 0 Å². The van der Waals surface area contributed by atoms with Crippen LogP contribution in [0.1, 0.15) is 19.4 Å². The number of carbonyl (C=O) groups is 1. The van der Waals surface area contributed by atoms with Gasteiger partial charge in [0, 0.05) is 24.7 Å². The number of nitrogens with zero attached hydrogens (tertiary/aromatic N) is 1. The number of rotatable bonds is 5. The first-order valence-corrected chi connectivity index (χ1v) is 6.27. The van der Waals surface area contributed by atoms with Crippen molar-refractivity contribution in [1.82, 2.24) is 10.3 Å². The Kier molecular flexibility index (Phi) is 3.81. The smallest absolute Gasteiger partial charge is 0.310 e. The number of carboxylic acid groups (broad SMARTS) is 1. The first-order chi connectivity index (χ1) is 9.00. The van der Waals surface area contributed by atoms with Crippen molar-refractivity contribution in [1.29, 1.82) is 0 Å². The van der Waals surface area contributed by atoms with Crippen LogP contribution in [0.4, 0.5) is 0 Å². The van der Waals surface area contributed by atoms with Gasteiger partial charge in [0.25, 0.3) is 0 Å². The molecule has 2 rings (SSSR count). The predicted octanol–water partition coefficient (Wildman–Crippen LogP) is 2.44. The second-order valence-corrected chi connectivity index (χ2v) is 5.28. The van der Waals surface area contributed by atoms with Gasteiger partial charge in [-0.2, -0.15) is 0 Å². The number of fused-ring (bicyclic) bond motifs is 1. The monoisotopic (exact) mass is 258 g/mol. The van der Waals surface area contributed by atoms with Crippen molar-refractivity contribution in [2.45, 2.75) is 20.4 Å². The zero-order chi connectivity index (χ0) is 13.9.